The molecule has 0 aliphatic heterocycles. The maximum Gasteiger partial charge on any atom is 0.0892 e. The Hall–Kier alpha value is -0.940. The van der Waals surface area contributed by atoms with Crippen molar-refractivity contribution in [2.24, 2.45) is 5.84 Å². The van der Waals surface area contributed by atoms with Gasteiger partial charge in [-0.05, 0) is 36.1 Å². The van der Waals surface area contributed by atoms with Crippen LogP contribution in [0.25, 0.3) is 0 Å². The zero-order valence-electron chi connectivity index (χ0n) is 8.77. The van der Waals surface area contributed by atoms with Gasteiger partial charge in [0, 0.05) is 11.1 Å². The molecule has 0 aromatic carbocycles. The molecule has 2 aromatic heterocycles. The van der Waals surface area contributed by atoms with Crippen LogP contribution in [0.3, 0.4) is 0 Å². The maximum absolute atomic E-state index is 5.80. The molecule has 2 aromatic rings. The van der Waals surface area contributed by atoms with E-state index in [1.165, 1.54) is 4.88 Å². The number of hydrazine groups is 1. The minimum Gasteiger partial charge on any atom is -0.271 e. The summed E-state index contributed by atoms with van der Waals surface area (Å²) in [5.41, 5.74) is 4.81. The number of thiophene rings is 1. The fourth-order valence-corrected chi connectivity index (χ4v) is 2.44. The van der Waals surface area contributed by atoms with Gasteiger partial charge in [0.2, 0.25) is 0 Å². The molecular weight excluding hydrogens is 242 g/mol. The van der Waals surface area contributed by atoms with Crippen LogP contribution in [0.15, 0.2) is 29.8 Å². The average Bonchev–Trinajstić information content (AvgIpc) is 2.69. The van der Waals surface area contributed by atoms with Gasteiger partial charge in [-0.3, -0.25) is 10.8 Å². The number of nitrogens with zero attached hydrogens (tertiary/aromatic N) is 1. The molecule has 2 rings (SSSR count). The molecule has 3 N–H and O–H groups in total. The van der Waals surface area contributed by atoms with Crippen LogP contribution >= 0.6 is 22.9 Å². The Kier molecular flexibility index (Phi) is 3.56. The summed E-state index contributed by atoms with van der Waals surface area (Å²) in [5, 5.41) is 2.67. The molecule has 1 unspecified atom stereocenters. The third-order valence-electron chi connectivity index (χ3n) is 2.42. The van der Waals surface area contributed by atoms with Gasteiger partial charge in [-0.2, -0.15) is 0 Å². The van der Waals surface area contributed by atoms with Gasteiger partial charge in [-0.1, -0.05) is 11.6 Å². The smallest absolute Gasteiger partial charge is 0.0892 e. The summed E-state index contributed by atoms with van der Waals surface area (Å²) in [7, 11) is 0. The third kappa shape index (κ3) is 2.25. The van der Waals surface area contributed by atoms with Crippen LogP contribution in [0, 0.1) is 6.92 Å². The van der Waals surface area contributed by atoms with E-state index in [0.717, 1.165) is 11.3 Å². The van der Waals surface area contributed by atoms with Crippen LogP contribution in [0.1, 0.15) is 22.2 Å². The van der Waals surface area contributed by atoms with E-state index >= 15 is 0 Å². The average molecular weight is 254 g/mol. The molecule has 0 amide bonds. The lowest BCUT2D eigenvalue weighted by molar-refractivity contribution is 0.620. The van der Waals surface area contributed by atoms with Crippen molar-refractivity contribution in [1.82, 2.24) is 10.4 Å². The van der Waals surface area contributed by atoms with E-state index in [4.69, 9.17) is 17.4 Å². The molecule has 0 bridgehead atoms. The molecule has 0 aliphatic rings. The second-order valence-corrected chi connectivity index (χ2v) is 4.99. The van der Waals surface area contributed by atoms with E-state index in [0.29, 0.717) is 5.02 Å². The van der Waals surface area contributed by atoms with Crippen LogP contribution < -0.4 is 11.3 Å². The summed E-state index contributed by atoms with van der Waals surface area (Å²) >= 11 is 7.50. The van der Waals surface area contributed by atoms with Crippen molar-refractivity contribution in [2.45, 2.75) is 13.0 Å². The molecular formula is C11H12ClN3S. The number of aryl methyl sites for hydroxylation is 1. The molecule has 2 heterocycles. The van der Waals surface area contributed by atoms with Crippen molar-refractivity contribution in [2.75, 3.05) is 0 Å². The van der Waals surface area contributed by atoms with Crippen LogP contribution in [-0.2, 0) is 0 Å². The second kappa shape index (κ2) is 4.93. The van der Waals surface area contributed by atoms with Gasteiger partial charge in [-0.25, -0.2) is 5.43 Å². The molecule has 0 saturated carbocycles. The van der Waals surface area contributed by atoms with Gasteiger partial charge in [0.15, 0.2) is 0 Å². The quantitative estimate of drug-likeness (QED) is 0.653. The minimum absolute atomic E-state index is 0.0801. The molecule has 84 valence electrons. The zero-order valence-corrected chi connectivity index (χ0v) is 10.3. The van der Waals surface area contributed by atoms with Crippen molar-refractivity contribution in [1.29, 1.82) is 0 Å². The summed E-state index contributed by atoms with van der Waals surface area (Å²) in [6.45, 7) is 2.07. The van der Waals surface area contributed by atoms with Crippen LogP contribution in [0.5, 0.6) is 0 Å². The van der Waals surface area contributed by atoms with Crippen molar-refractivity contribution >= 4 is 22.9 Å². The first-order valence-electron chi connectivity index (χ1n) is 4.84. The number of hydrogen-bond donors (Lipinski definition) is 2. The highest BCUT2D eigenvalue weighted by Crippen LogP contribution is 2.26. The second-order valence-electron chi connectivity index (χ2n) is 3.43. The molecule has 0 spiro atoms. The van der Waals surface area contributed by atoms with Crippen molar-refractivity contribution in [3.8, 4) is 0 Å². The third-order valence-corrected chi connectivity index (χ3v) is 3.51. The van der Waals surface area contributed by atoms with Gasteiger partial charge in [-0.15, -0.1) is 11.3 Å². The fraction of sp³-hybridized carbons (Fsp3) is 0.182. The Bertz CT molecular complexity index is 466. The van der Waals surface area contributed by atoms with E-state index in [-0.39, 0.29) is 6.04 Å². The van der Waals surface area contributed by atoms with E-state index in [1.807, 2.05) is 17.5 Å². The van der Waals surface area contributed by atoms with Crippen molar-refractivity contribution in [3.05, 3.63) is 50.9 Å². The van der Waals surface area contributed by atoms with Crippen LogP contribution in [0.2, 0.25) is 5.02 Å². The first-order valence-corrected chi connectivity index (χ1v) is 6.09. The Morgan fingerprint density at radius 3 is 2.75 bits per heavy atom. The summed E-state index contributed by atoms with van der Waals surface area (Å²) < 4.78 is 0. The summed E-state index contributed by atoms with van der Waals surface area (Å²) in [6.07, 6.45) is 1.63. The highest BCUT2D eigenvalue weighted by molar-refractivity contribution is 7.10. The number of nitrogens with two attached hydrogens (primary N) is 1. The summed E-state index contributed by atoms with van der Waals surface area (Å²) in [5.74, 6) is 5.58. The normalized spacial score (nSPS) is 12.7. The number of hydrogen-bond acceptors (Lipinski definition) is 4. The van der Waals surface area contributed by atoms with E-state index in [2.05, 4.69) is 23.4 Å². The van der Waals surface area contributed by atoms with Gasteiger partial charge in [0.05, 0.1) is 16.8 Å². The predicted octanol–water partition coefficient (Wildman–Crippen LogP) is 2.66. The van der Waals surface area contributed by atoms with Crippen molar-refractivity contribution in [3.63, 3.8) is 0 Å². The molecule has 0 aliphatic carbocycles. The van der Waals surface area contributed by atoms with Gasteiger partial charge in [0.25, 0.3) is 0 Å². The zero-order chi connectivity index (χ0) is 11.5. The Morgan fingerprint density at radius 2 is 2.25 bits per heavy atom. The van der Waals surface area contributed by atoms with Gasteiger partial charge >= 0.3 is 0 Å². The lowest BCUT2D eigenvalue weighted by atomic mass is 10.1. The predicted molar refractivity (Wildman–Crippen MR) is 67.5 cm³/mol. The maximum atomic E-state index is 5.80. The van der Waals surface area contributed by atoms with Crippen LogP contribution in [0.4, 0.5) is 0 Å². The van der Waals surface area contributed by atoms with E-state index < -0.39 is 0 Å². The summed E-state index contributed by atoms with van der Waals surface area (Å²) in [6, 6.07) is 5.67. The molecule has 0 radical (unpaired) electrons. The Labute approximate surface area is 103 Å². The standard InChI is InChI=1S/C11H12ClN3S/c1-7-9(4-5-16-7)11(15-13)10-3-2-8(12)6-14-10/h2-6,11,15H,13H2,1H3. The van der Waals surface area contributed by atoms with Crippen molar-refractivity contribution < 1.29 is 0 Å². The van der Waals surface area contributed by atoms with Gasteiger partial charge in [0.1, 0.15) is 0 Å². The Balaban J connectivity index is 2.37. The molecule has 16 heavy (non-hydrogen) atoms. The molecule has 5 heteroatoms. The highest BCUT2D eigenvalue weighted by atomic mass is 35.5. The number of halogens is 1. The lowest BCUT2D eigenvalue weighted by Gasteiger charge is -2.15. The number of aromatic nitrogens is 1. The molecule has 0 saturated heterocycles. The van der Waals surface area contributed by atoms with E-state index in [1.54, 1.807) is 17.5 Å². The number of nitrogens with one attached hydrogen (secondary N) is 1. The minimum atomic E-state index is -0.0801. The lowest BCUT2D eigenvalue weighted by Crippen LogP contribution is -2.29. The fourth-order valence-electron chi connectivity index (χ4n) is 1.59. The van der Waals surface area contributed by atoms with Gasteiger partial charge < -0.3 is 0 Å². The Morgan fingerprint density at radius 1 is 1.44 bits per heavy atom. The molecule has 3 nitrogen and oxygen atoms in total. The summed E-state index contributed by atoms with van der Waals surface area (Å²) in [4.78, 5) is 5.51. The topological polar surface area (TPSA) is 50.9 Å². The SMILES string of the molecule is Cc1sccc1C(NN)c1ccc(Cl)cn1. The first kappa shape index (κ1) is 11.5. The highest BCUT2D eigenvalue weighted by Gasteiger charge is 2.16. The van der Waals surface area contributed by atoms with E-state index in [9.17, 15) is 0 Å². The number of rotatable bonds is 3. The molecule has 1 atom stereocenters. The largest absolute Gasteiger partial charge is 0.271 e. The van der Waals surface area contributed by atoms with Crippen LogP contribution in [-0.4, -0.2) is 4.98 Å². The first-order chi connectivity index (χ1) is 7.72. The monoisotopic (exact) mass is 253 g/mol. The molecule has 0 fully saturated rings. The number of pyridine rings is 1.